The fourth-order valence-corrected chi connectivity index (χ4v) is 3.15. The van der Waals surface area contributed by atoms with Crippen LogP contribution < -0.4 is 0 Å². The number of hydrogen-bond acceptors (Lipinski definition) is 5. The largest absolute Gasteiger partial charge is 0.338 e. The zero-order valence-electron chi connectivity index (χ0n) is 13.1. The van der Waals surface area contributed by atoms with Gasteiger partial charge in [-0.05, 0) is 44.9 Å². The Morgan fingerprint density at radius 2 is 2.05 bits per heavy atom. The first-order chi connectivity index (χ1) is 10.6. The molecule has 0 saturated heterocycles. The summed E-state index contributed by atoms with van der Waals surface area (Å²) in [6.07, 6.45) is 3.80. The fraction of sp³-hybridized carbons (Fsp3) is 0.312. The molecule has 22 heavy (non-hydrogen) atoms. The topological polar surface area (TPSA) is 56.7 Å². The van der Waals surface area contributed by atoms with Crippen LogP contribution in [0.1, 0.15) is 35.0 Å². The summed E-state index contributed by atoms with van der Waals surface area (Å²) < 4.78 is 7.35. The van der Waals surface area contributed by atoms with E-state index in [1.54, 1.807) is 11.8 Å². The Morgan fingerprint density at radius 1 is 1.23 bits per heavy atom. The number of aromatic nitrogens is 4. The van der Waals surface area contributed by atoms with Gasteiger partial charge in [-0.25, -0.2) is 4.98 Å². The Kier molecular flexibility index (Phi) is 4.02. The minimum Gasteiger partial charge on any atom is -0.338 e. The predicted molar refractivity (Wildman–Crippen MR) is 86.3 cm³/mol. The van der Waals surface area contributed by atoms with Gasteiger partial charge in [-0.15, -0.1) is 0 Å². The second kappa shape index (κ2) is 5.96. The quantitative estimate of drug-likeness (QED) is 0.680. The molecule has 2 heterocycles. The number of aryl methyl sites for hydroxylation is 2. The Labute approximate surface area is 133 Å². The molecule has 6 heteroatoms. The lowest BCUT2D eigenvalue weighted by atomic mass is 10.1. The molecule has 3 rings (SSSR count). The lowest BCUT2D eigenvalue weighted by Gasteiger charge is -2.13. The van der Waals surface area contributed by atoms with Crippen molar-refractivity contribution < 1.29 is 4.52 Å². The van der Waals surface area contributed by atoms with Gasteiger partial charge >= 0.3 is 0 Å². The first-order valence-electron chi connectivity index (χ1n) is 7.13. The van der Waals surface area contributed by atoms with Gasteiger partial charge in [0.1, 0.15) is 0 Å². The van der Waals surface area contributed by atoms with E-state index in [4.69, 9.17) is 4.52 Å². The van der Waals surface area contributed by atoms with Crippen LogP contribution in [-0.2, 0) is 0 Å². The monoisotopic (exact) mass is 314 g/mol. The molecule has 0 amide bonds. The van der Waals surface area contributed by atoms with E-state index >= 15 is 0 Å². The van der Waals surface area contributed by atoms with E-state index in [0.717, 1.165) is 10.8 Å². The first-order valence-corrected chi connectivity index (χ1v) is 8.01. The Hall–Kier alpha value is -2.08. The second-order valence-electron chi connectivity index (χ2n) is 5.24. The van der Waals surface area contributed by atoms with Crippen LogP contribution in [0.3, 0.4) is 0 Å². The van der Waals surface area contributed by atoms with E-state index in [9.17, 15) is 0 Å². The highest BCUT2D eigenvalue weighted by atomic mass is 32.2. The minimum atomic E-state index is 0.0486. The van der Waals surface area contributed by atoms with Crippen LogP contribution in [0.4, 0.5) is 0 Å². The molecule has 0 aliphatic carbocycles. The summed E-state index contributed by atoms with van der Waals surface area (Å²) in [6, 6.07) is 6.29. The average Bonchev–Trinajstić information content (AvgIpc) is 3.11. The Balaban J connectivity index is 1.91. The smallest absolute Gasteiger partial charge is 0.239 e. The van der Waals surface area contributed by atoms with Crippen molar-refractivity contribution in [1.29, 1.82) is 0 Å². The Bertz CT molecular complexity index is 793. The molecule has 3 aromatic rings. The van der Waals surface area contributed by atoms with E-state index in [1.807, 2.05) is 26.2 Å². The molecule has 0 saturated carbocycles. The number of rotatable bonds is 4. The van der Waals surface area contributed by atoms with Gasteiger partial charge < -0.3 is 4.52 Å². The summed E-state index contributed by atoms with van der Waals surface area (Å²) in [5.41, 5.74) is 3.67. The molecule has 0 aliphatic heterocycles. The fourth-order valence-electron chi connectivity index (χ4n) is 2.24. The second-order valence-corrected chi connectivity index (χ2v) is 6.55. The number of benzene rings is 1. The maximum Gasteiger partial charge on any atom is 0.239 e. The lowest BCUT2D eigenvalue weighted by Crippen LogP contribution is -2.00. The van der Waals surface area contributed by atoms with Crippen molar-refractivity contribution in [2.24, 2.45) is 0 Å². The van der Waals surface area contributed by atoms with Gasteiger partial charge in [0.15, 0.2) is 11.0 Å². The van der Waals surface area contributed by atoms with Crippen molar-refractivity contribution in [1.82, 2.24) is 19.7 Å². The van der Waals surface area contributed by atoms with Gasteiger partial charge in [0, 0.05) is 12.4 Å². The molecule has 0 spiro atoms. The van der Waals surface area contributed by atoms with Crippen molar-refractivity contribution in [2.75, 3.05) is 0 Å². The summed E-state index contributed by atoms with van der Waals surface area (Å²) >= 11 is 1.61. The van der Waals surface area contributed by atoms with Crippen LogP contribution >= 0.6 is 11.8 Å². The summed E-state index contributed by atoms with van der Waals surface area (Å²) in [7, 11) is 0. The van der Waals surface area contributed by atoms with Gasteiger partial charge in [-0.1, -0.05) is 29.1 Å². The normalized spacial score (nSPS) is 12.5. The zero-order chi connectivity index (χ0) is 15.7. The van der Waals surface area contributed by atoms with Crippen LogP contribution in [0.2, 0.25) is 0 Å². The van der Waals surface area contributed by atoms with Crippen LogP contribution in [-0.4, -0.2) is 19.7 Å². The molecule has 114 valence electrons. The molecular formula is C16H18N4OS. The third kappa shape index (κ3) is 2.78. The maximum atomic E-state index is 5.24. The van der Waals surface area contributed by atoms with Crippen molar-refractivity contribution in [3.63, 3.8) is 0 Å². The molecule has 0 radical (unpaired) electrons. The molecule has 5 nitrogen and oxygen atoms in total. The van der Waals surface area contributed by atoms with Crippen LogP contribution in [0, 0.1) is 20.8 Å². The van der Waals surface area contributed by atoms with Gasteiger partial charge in [0.2, 0.25) is 5.89 Å². The highest BCUT2D eigenvalue weighted by molar-refractivity contribution is 7.99. The molecular weight excluding hydrogens is 296 g/mol. The van der Waals surface area contributed by atoms with Gasteiger partial charge in [-0.2, -0.15) is 4.98 Å². The molecule has 0 N–H and O–H groups in total. The maximum absolute atomic E-state index is 5.24. The molecule has 1 atom stereocenters. The summed E-state index contributed by atoms with van der Waals surface area (Å²) in [6.45, 7) is 8.11. The van der Waals surface area contributed by atoms with Gasteiger partial charge in [0.25, 0.3) is 0 Å². The van der Waals surface area contributed by atoms with Crippen molar-refractivity contribution in [3.8, 4) is 5.69 Å². The molecule has 1 aromatic carbocycles. The number of hydrogen-bond donors (Lipinski definition) is 0. The van der Waals surface area contributed by atoms with Crippen molar-refractivity contribution >= 4 is 11.8 Å². The molecule has 0 bridgehead atoms. The zero-order valence-corrected chi connectivity index (χ0v) is 13.9. The van der Waals surface area contributed by atoms with E-state index < -0.39 is 0 Å². The predicted octanol–water partition coefficient (Wildman–Crippen LogP) is 4.03. The van der Waals surface area contributed by atoms with E-state index in [1.165, 1.54) is 11.1 Å². The van der Waals surface area contributed by atoms with E-state index in [0.29, 0.717) is 11.7 Å². The number of imidazole rings is 1. The van der Waals surface area contributed by atoms with Crippen LogP contribution in [0.25, 0.3) is 5.69 Å². The third-order valence-electron chi connectivity index (χ3n) is 3.62. The average molecular weight is 314 g/mol. The summed E-state index contributed by atoms with van der Waals surface area (Å²) in [5.74, 6) is 1.28. The highest BCUT2D eigenvalue weighted by Gasteiger charge is 2.18. The molecule has 0 fully saturated rings. The summed E-state index contributed by atoms with van der Waals surface area (Å²) in [5, 5.41) is 4.81. The number of thioether (sulfide) groups is 1. The van der Waals surface area contributed by atoms with Gasteiger partial charge in [0.05, 0.1) is 10.9 Å². The first kappa shape index (κ1) is 14.8. The van der Waals surface area contributed by atoms with E-state index in [2.05, 4.69) is 51.7 Å². The summed E-state index contributed by atoms with van der Waals surface area (Å²) in [4.78, 5) is 8.76. The lowest BCUT2D eigenvalue weighted by molar-refractivity contribution is 0.376. The van der Waals surface area contributed by atoms with Crippen LogP contribution in [0.15, 0.2) is 40.3 Å². The standard InChI is InChI=1S/C16H18N4OS/c1-10-6-5-7-14(11(10)2)20-9-8-17-16(20)22-12(3)15-18-13(4)19-21-15/h5-9,12H,1-4H3. The third-order valence-corrected chi connectivity index (χ3v) is 4.68. The van der Waals surface area contributed by atoms with Gasteiger partial charge in [-0.3, -0.25) is 4.57 Å². The molecule has 1 unspecified atom stereocenters. The highest BCUT2D eigenvalue weighted by Crippen LogP contribution is 2.34. The number of nitrogens with zero attached hydrogens (tertiary/aromatic N) is 4. The van der Waals surface area contributed by atoms with Crippen LogP contribution in [0.5, 0.6) is 0 Å². The van der Waals surface area contributed by atoms with E-state index in [-0.39, 0.29) is 5.25 Å². The SMILES string of the molecule is Cc1noc(C(C)Sc2nccn2-c2cccc(C)c2C)n1. The minimum absolute atomic E-state index is 0.0486. The molecule has 0 aliphatic rings. The van der Waals surface area contributed by atoms with Crippen molar-refractivity contribution in [2.45, 2.75) is 38.1 Å². The van der Waals surface area contributed by atoms with Crippen molar-refractivity contribution in [3.05, 3.63) is 53.4 Å². The Morgan fingerprint density at radius 3 is 2.77 bits per heavy atom. The molecule has 2 aromatic heterocycles.